The van der Waals surface area contributed by atoms with Crippen molar-refractivity contribution in [2.75, 3.05) is 19.7 Å². The number of nitrogens with zero attached hydrogens (tertiary/aromatic N) is 4. The molecule has 25 heavy (non-hydrogen) atoms. The predicted molar refractivity (Wildman–Crippen MR) is 91.5 cm³/mol. The van der Waals surface area contributed by atoms with Crippen LogP contribution in [0.15, 0.2) is 29.0 Å². The second kappa shape index (κ2) is 7.74. The first-order chi connectivity index (χ1) is 12.2. The molecule has 1 N–H and O–H groups in total. The SMILES string of the molecule is CCC(CC)C(=O)N1C[C@@H](CO)[C@H](c2nc(-c3ccncc3)no2)C1. The van der Waals surface area contributed by atoms with Gasteiger partial charge in [-0.25, -0.2) is 0 Å². The van der Waals surface area contributed by atoms with E-state index in [-0.39, 0.29) is 30.3 Å². The van der Waals surface area contributed by atoms with E-state index in [1.54, 1.807) is 12.4 Å². The summed E-state index contributed by atoms with van der Waals surface area (Å²) in [6, 6.07) is 3.63. The number of aliphatic hydroxyl groups is 1. The number of amides is 1. The van der Waals surface area contributed by atoms with Crippen molar-refractivity contribution in [2.45, 2.75) is 32.6 Å². The molecular weight excluding hydrogens is 320 g/mol. The number of rotatable bonds is 6. The Morgan fingerprint density at radius 2 is 2.04 bits per heavy atom. The molecule has 1 aliphatic heterocycles. The molecular formula is C18H24N4O3. The third kappa shape index (κ3) is 3.56. The molecule has 1 saturated heterocycles. The highest BCUT2D eigenvalue weighted by Crippen LogP contribution is 2.33. The highest BCUT2D eigenvalue weighted by molar-refractivity contribution is 5.79. The Labute approximate surface area is 147 Å². The molecule has 3 heterocycles. The zero-order chi connectivity index (χ0) is 17.8. The van der Waals surface area contributed by atoms with Gasteiger partial charge in [-0.05, 0) is 25.0 Å². The van der Waals surface area contributed by atoms with E-state index in [0.29, 0.717) is 24.8 Å². The van der Waals surface area contributed by atoms with E-state index in [0.717, 1.165) is 18.4 Å². The molecule has 1 fully saturated rings. The number of carbonyl (C=O) groups is 1. The molecule has 3 rings (SSSR count). The van der Waals surface area contributed by atoms with Gasteiger partial charge in [-0.1, -0.05) is 19.0 Å². The van der Waals surface area contributed by atoms with Crippen LogP contribution in [0.25, 0.3) is 11.4 Å². The third-order valence-corrected chi connectivity index (χ3v) is 5.02. The van der Waals surface area contributed by atoms with E-state index >= 15 is 0 Å². The van der Waals surface area contributed by atoms with Gasteiger partial charge in [0.05, 0.1) is 5.92 Å². The molecule has 134 valence electrons. The smallest absolute Gasteiger partial charge is 0.232 e. The minimum atomic E-state index is -0.133. The van der Waals surface area contributed by atoms with Crippen LogP contribution >= 0.6 is 0 Å². The largest absolute Gasteiger partial charge is 0.396 e. The molecule has 0 saturated carbocycles. The highest BCUT2D eigenvalue weighted by atomic mass is 16.5. The van der Waals surface area contributed by atoms with Gasteiger partial charge in [-0.2, -0.15) is 4.98 Å². The van der Waals surface area contributed by atoms with Crippen LogP contribution in [-0.4, -0.2) is 50.7 Å². The summed E-state index contributed by atoms with van der Waals surface area (Å²) in [5.41, 5.74) is 0.827. The number of carbonyl (C=O) groups excluding carboxylic acids is 1. The van der Waals surface area contributed by atoms with Gasteiger partial charge in [0.15, 0.2) is 0 Å². The topological polar surface area (TPSA) is 92.4 Å². The van der Waals surface area contributed by atoms with Gasteiger partial charge in [0.2, 0.25) is 17.6 Å². The monoisotopic (exact) mass is 344 g/mol. The lowest BCUT2D eigenvalue weighted by Crippen LogP contribution is -2.34. The second-order valence-electron chi connectivity index (χ2n) is 6.50. The number of aromatic nitrogens is 3. The summed E-state index contributed by atoms with van der Waals surface area (Å²) in [4.78, 5) is 22.9. The van der Waals surface area contributed by atoms with Crippen LogP contribution in [0.1, 0.15) is 38.5 Å². The second-order valence-corrected chi connectivity index (χ2v) is 6.50. The fraction of sp³-hybridized carbons (Fsp3) is 0.556. The van der Waals surface area contributed by atoms with Crippen LogP contribution in [0.2, 0.25) is 0 Å². The van der Waals surface area contributed by atoms with Gasteiger partial charge < -0.3 is 14.5 Å². The molecule has 2 atom stereocenters. The Morgan fingerprint density at radius 1 is 1.32 bits per heavy atom. The van der Waals surface area contributed by atoms with Crippen molar-refractivity contribution >= 4 is 5.91 Å². The van der Waals surface area contributed by atoms with Crippen molar-refractivity contribution in [1.82, 2.24) is 20.0 Å². The van der Waals surface area contributed by atoms with Gasteiger partial charge in [-0.15, -0.1) is 0 Å². The Hall–Kier alpha value is -2.28. The molecule has 0 aromatic carbocycles. The summed E-state index contributed by atoms with van der Waals surface area (Å²) >= 11 is 0. The van der Waals surface area contributed by atoms with E-state index in [1.807, 2.05) is 30.9 Å². The molecule has 0 aliphatic carbocycles. The van der Waals surface area contributed by atoms with Crippen molar-refractivity contribution < 1.29 is 14.4 Å². The quantitative estimate of drug-likeness (QED) is 0.863. The van der Waals surface area contributed by atoms with Gasteiger partial charge in [0.25, 0.3) is 0 Å². The Morgan fingerprint density at radius 3 is 2.68 bits per heavy atom. The average molecular weight is 344 g/mol. The lowest BCUT2D eigenvalue weighted by molar-refractivity contribution is -0.134. The maximum atomic E-state index is 12.6. The zero-order valence-electron chi connectivity index (χ0n) is 14.6. The van der Waals surface area contributed by atoms with Crippen molar-refractivity contribution in [2.24, 2.45) is 11.8 Å². The number of hydrogen-bond donors (Lipinski definition) is 1. The summed E-state index contributed by atoms with van der Waals surface area (Å²) in [6.07, 6.45) is 5.00. The Balaban J connectivity index is 1.78. The predicted octanol–water partition coefficient (Wildman–Crippen LogP) is 2.10. The van der Waals surface area contributed by atoms with Crippen LogP contribution in [0.4, 0.5) is 0 Å². The van der Waals surface area contributed by atoms with Crippen molar-refractivity contribution in [3.8, 4) is 11.4 Å². The molecule has 0 bridgehead atoms. The number of aliphatic hydroxyl groups excluding tert-OH is 1. The highest BCUT2D eigenvalue weighted by Gasteiger charge is 2.40. The zero-order valence-corrected chi connectivity index (χ0v) is 14.6. The maximum Gasteiger partial charge on any atom is 0.232 e. The van der Waals surface area contributed by atoms with Gasteiger partial charge >= 0.3 is 0 Å². The standard InChI is InChI=1S/C18H24N4O3/c1-3-12(4-2)18(24)22-9-14(11-23)15(10-22)17-20-16(21-25-17)13-5-7-19-8-6-13/h5-8,12,14-15,23H,3-4,9-11H2,1-2H3/t14-,15+/m0/s1. The number of hydrogen-bond acceptors (Lipinski definition) is 6. The first-order valence-electron chi connectivity index (χ1n) is 8.81. The first kappa shape index (κ1) is 17.5. The molecule has 0 unspecified atom stereocenters. The normalized spacial score (nSPS) is 20.4. The van der Waals surface area contributed by atoms with E-state index < -0.39 is 0 Å². The fourth-order valence-corrected chi connectivity index (χ4v) is 3.42. The molecule has 1 aliphatic rings. The van der Waals surface area contributed by atoms with Gasteiger partial charge in [0.1, 0.15) is 0 Å². The molecule has 0 radical (unpaired) electrons. The average Bonchev–Trinajstić information content (AvgIpc) is 3.30. The van der Waals surface area contributed by atoms with E-state index in [1.165, 1.54) is 0 Å². The lowest BCUT2D eigenvalue weighted by Gasteiger charge is -2.21. The van der Waals surface area contributed by atoms with Crippen molar-refractivity contribution in [1.29, 1.82) is 0 Å². The van der Waals surface area contributed by atoms with E-state index in [4.69, 9.17) is 4.52 Å². The maximum absolute atomic E-state index is 12.6. The van der Waals surface area contributed by atoms with Crippen LogP contribution in [0.5, 0.6) is 0 Å². The van der Waals surface area contributed by atoms with Crippen molar-refractivity contribution in [3.05, 3.63) is 30.4 Å². The molecule has 7 heteroatoms. The van der Waals surface area contributed by atoms with Gasteiger partial charge in [-0.3, -0.25) is 9.78 Å². The third-order valence-electron chi connectivity index (χ3n) is 5.02. The fourth-order valence-electron chi connectivity index (χ4n) is 3.42. The minimum Gasteiger partial charge on any atom is -0.396 e. The van der Waals surface area contributed by atoms with E-state index in [2.05, 4.69) is 15.1 Å². The lowest BCUT2D eigenvalue weighted by atomic mass is 9.97. The number of likely N-dealkylation sites (tertiary alicyclic amines) is 1. The summed E-state index contributed by atoms with van der Waals surface area (Å²) < 4.78 is 5.45. The Kier molecular flexibility index (Phi) is 5.43. The summed E-state index contributed by atoms with van der Waals surface area (Å²) in [5.74, 6) is 0.952. The van der Waals surface area contributed by atoms with E-state index in [9.17, 15) is 9.90 Å². The summed E-state index contributed by atoms with van der Waals surface area (Å²) in [6.45, 7) is 5.09. The van der Waals surface area contributed by atoms with Crippen molar-refractivity contribution in [3.63, 3.8) is 0 Å². The van der Waals surface area contributed by atoms with Gasteiger partial charge in [0, 0.05) is 49.5 Å². The van der Waals surface area contributed by atoms with Crippen LogP contribution < -0.4 is 0 Å². The van der Waals surface area contributed by atoms with Crippen LogP contribution in [0.3, 0.4) is 0 Å². The minimum absolute atomic E-state index is 0.00959. The molecule has 1 amide bonds. The summed E-state index contributed by atoms with van der Waals surface area (Å²) in [5, 5.41) is 13.8. The van der Waals surface area contributed by atoms with Crippen LogP contribution in [0, 0.1) is 11.8 Å². The van der Waals surface area contributed by atoms with Crippen LogP contribution in [-0.2, 0) is 4.79 Å². The first-order valence-corrected chi connectivity index (χ1v) is 8.81. The molecule has 7 nitrogen and oxygen atoms in total. The number of pyridine rings is 1. The molecule has 2 aromatic rings. The molecule has 2 aromatic heterocycles. The molecule has 0 spiro atoms. The summed E-state index contributed by atoms with van der Waals surface area (Å²) in [7, 11) is 0. The Bertz CT molecular complexity index is 699.